The molecule has 2 heterocycles. The van der Waals surface area contributed by atoms with Crippen molar-refractivity contribution in [3.8, 4) is 0 Å². The monoisotopic (exact) mass is 391 g/mol. The summed E-state index contributed by atoms with van der Waals surface area (Å²) in [6.45, 7) is 2.43. The summed E-state index contributed by atoms with van der Waals surface area (Å²) < 4.78 is 39.7. The van der Waals surface area contributed by atoms with Gasteiger partial charge in [-0.25, -0.2) is 12.8 Å². The highest BCUT2D eigenvalue weighted by molar-refractivity contribution is 7.89. The van der Waals surface area contributed by atoms with Crippen LogP contribution < -0.4 is 5.32 Å². The summed E-state index contributed by atoms with van der Waals surface area (Å²) >= 11 is 0. The lowest BCUT2D eigenvalue weighted by molar-refractivity contribution is -0.126. The number of pyridine rings is 1. The van der Waals surface area contributed by atoms with E-state index in [0.717, 1.165) is 17.7 Å². The van der Waals surface area contributed by atoms with Gasteiger partial charge in [0.25, 0.3) is 0 Å². The van der Waals surface area contributed by atoms with Crippen molar-refractivity contribution in [1.29, 1.82) is 0 Å². The molecule has 1 aromatic carbocycles. The van der Waals surface area contributed by atoms with Crippen LogP contribution in [0, 0.1) is 11.7 Å². The molecule has 27 heavy (non-hydrogen) atoms. The number of nitrogens with zero attached hydrogens (tertiary/aromatic N) is 2. The van der Waals surface area contributed by atoms with Gasteiger partial charge in [-0.05, 0) is 61.7 Å². The molecule has 1 N–H and O–H groups in total. The van der Waals surface area contributed by atoms with E-state index in [9.17, 15) is 17.6 Å². The minimum Gasteiger partial charge on any atom is -0.349 e. The molecule has 0 saturated carbocycles. The van der Waals surface area contributed by atoms with E-state index in [2.05, 4.69) is 10.3 Å². The number of sulfonamides is 1. The molecule has 1 aromatic heterocycles. The van der Waals surface area contributed by atoms with Crippen LogP contribution in [0.5, 0.6) is 0 Å². The van der Waals surface area contributed by atoms with E-state index in [1.807, 2.05) is 19.1 Å². The first kappa shape index (κ1) is 19.4. The zero-order valence-corrected chi connectivity index (χ0v) is 15.8. The Hall–Kier alpha value is -2.32. The third kappa shape index (κ3) is 4.51. The van der Waals surface area contributed by atoms with Crippen LogP contribution in [-0.2, 0) is 14.8 Å². The highest BCUT2D eigenvalue weighted by Gasteiger charge is 2.32. The normalized spacial score (nSPS) is 17.4. The molecule has 1 saturated heterocycles. The minimum absolute atomic E-state index is 0.0677. The molecule has 144 valence electrons. The number of amides is 1. The van der Waals surface area contributed by atoms with E-state index in [0.29, 0.717) is 12.8 Å². The number of nitrogens with one attached hydrogen (secondary N) is 1. The summed E-state index contributed by atoms with van der Waals surface area (Å²) in [4.78, 5) is 16.5. The predicted octanol–water partition coefficient (Wildman–Crippen LogP) is 2.50. The fraction of sp³-hybridized carbons (Fsp3) is 0.368. The molecule has 0 spiro atoms. The largest absolute Gasteiger partial charge is 0.349 e. The molecule has 0 bridgehead atoms. The molecule has 1 amide bonds. The van der Waals surface area contributed by atoms with E-state index in [-0.39, 0.29) is 35.9 Å². The second kappa shape index (κ2) is 8.14. The van der Waals surface area contributed by atoms with Crippen molar-refractivity contribution in [2.24, 2.45) is 5.92 Å². The van der Waals surface area contributed by atoms with Gasteiger partial charge in [0.05, 0.1) is 10.9 Å². The van der Waals surface area contributed by atoms with Gasteiger partial charge >= 0.3 is 0 Å². The number of carbonyl (C=O) groups excluding carboxylic acids is 1. The first-order valence-electron chi connectivity index (χ1n) is 8.84. The minimum atomic E-state index is -3.67. The quantitative estimate of drug-likeness (QED) is 0.849. The maximum atomic E-state index is 13.0. The summed E-state index contributed by atoms with van der Waals surface area (Å²) in [5, 5.41) is 2.98. The third-order valence-electron chi connectivity index (χ3n) is 4.84. The van der Waals surface area contributed by atoms with Crippen LogP contribution in [0.15, 0.2) is 53.7 Å². The van der Waals surface area contributed by atoms with Gasteiger partial charge in [0.2, 0.25) is 15.9 Å². The fourth-order valence-corrected chi connectivity index (χ4v) is 4.65. The molecule has 0 aliphatic carbocycles. The molecule has 6 nitrogen and oxygen atoms in total. The van der Waals surface area contributed by atoms with E-state index in [4.69, 9.17) is 0 Å². The van der Waals surface area contributed by atoms with Crippen LogP contribution in [0.4, 0.5) is 4.39 Å². The van der Waals surface area contributed by atoms with Crippen LogP contribution in [0.2, 0.25) is 0 Å². The van der Waals surface area contributed by atoms with Gasteiger partial charge < -0.3 is 5.32 Å². The van der Waals surface area contributed by atoms with Gasteiger partial charge in [0.15, 0.2) is 0 Å². The lowest BCUT2D eigenvalue weighted by Crippen LogP contribution is -2.43. The molecule has 1 aliphatic heterocycles. The Labute approximate surface area is 158 Å². The van der Waals surface area contributed by atoms with E-state index < -0.39 is 15.8 Å². The Bertz CT molecular complexity index is 880. The second-order valence-electron chi connectivity index (χ2n) is 6.64. The highest BCUT2D eigenvalue weighted by atomic mass is 32.2. The summed E-state index contributed by atoms with van der Waals surface area (Å²) in [6.07, 6.45) is 4.26. The lowest BCUT2D eigenvalue weighted by atomic mass is 9.96. The fourth-order valence-electron chi connectivity index (χ4n) is 3.18. The van der Waals surface area contributed by atoms with Crippen LogP contribution in [0.1, 0.15) is 31.4 Å². The number of halogens is 1. The topological polar surface area (TPSA) is 79.4 Å². The van der Waals surface area contributed by atoms with Crippen LogP contribution in [0.3, 0.4) is 0 Å². The molecule has 2 aromatic rings. The average molecular weight is 391 g/mol. The maximum absolute atomic E-state index is 13.0. The summed E-state index contributed by atoms with van der Waals surface area (Å²) in [5.74, 6) is -0.778. The van der Waals surface area contributed by atoms with E-state index in [1.165, 1.54) is 16.4 Å². The lowest BCUT2D eigenvalue weighted by Gasteiger charge is -2.31. The smallest absolute Gasteiger partial charge is 0.243 e. The molecule has 1 fully saturated rings. The second-order valence-corrected chi connectivity index (χ2v) is 8.58. The summed E-state index contributed by atoms with van der Waals surface area (Å²) in [5.41, 5.74) is 0.967. The van der Waals surface area contributed by atoms with Gasteiger partial charge in [0, 0.05) is 31.4 Å². The van der Waals surface area contributed by atoms with Crippen molar-refractivity contribution >= 4 is 15.9 Å². The standard InChI is InChI=1S/C19H22FN3O3S/c1-14(15-6-10-21-11-7-15)22-19(24)16-8-12-23(13-9-16)27(25,26)18-4-2-17(20)3-5-18/h2-7,10-11,14,16H,8-9,12-13H2,1H3,(H,22,24). The number of hydrogen-bond acceptors (Lipinski definition) is 4. The number of carbonyl (C=O) groups is 1. The van der Waals surface area contributed by atoms with Crippen LogP contribution in [0.25, 0.3) is 0 Å². The van der Waals surface area contributed by atoms with E-state index in [1.54, 1.807) is 12.4 Å². The Balaban J connectivity index is 1.58. The van der Waals surface area contributed by atoms with Gasteiger partial charge in [-0.15, -0.1) is 0 Å². The molecule has 1 atom stereocenters. The van der Waals surface area contributed by atoms with Crippen molar-refractivity contribution < 1.29 is 17.6 Å². The molecule has 8 heteroatoms. The Morgan fingerprint density at radius 1 is 1.15 bits per heavy atom. The average Bonchev–Trinajstić information content (AvgIpc) is 2.69. The van der Waals surface area contributed by atoms with E-state index >= 15 is 0 Å². The summed E-state index contributed by atoms with van der Waals surface area (Å²) in [7, 11) is -3.67. The number of aromatic nitrogens is 1. The third-order valence-corrected chi connectivity index (χ3v) is 6.75. The van der Waals surface area contributed by atoms with Gasteiger partial charge in [-0.2, -0.15) is 4.31 Å². The molecule has 1 unspecified atom stereocenters. The molecular formula is C19H22FN3O3S. The van der Waals surface area contributed by atoms with Crippen molar-refractivity contribution in [2.75, 3.05) is 13.1 Å². The number of piperidine rings is 1. The number of rotatable bonds is 5. The Morgan fingerprint density at radius 2 is 1.74 bits per heavy atom. The molecule has 3 rings (SSSR count). The highest BCUT2D eigenvalue weighted by Crippen LogP contribution is 2.25. The van der Waals surface area contributed by atoms with Crippen molar-refractivity contribution in [3.05, 3.63) is 60.2 Å². The maximum Gasteiger partial charge on any atom is 0.243 e. The Morgan fingerprint density at radius 3 is 2.33 bits per heavy atom. The van der Waals surface area contributed by atoms with Crippen LogP contribution in [-0.4, -0.2) is 36.7 Å². The molecule has 1 aliphatic rings. The van der Waals surface area contributed by atoms with Gasteiger partial charge in [-0.1, -0.05) is 0 Å². The SMILES string of the molecule is CC(NC(=O)C1CCN(S(=O)(=O)c2ccc(F)cc2)CC1)c1ccncc1. The molecule has 0 radical (unpaired) electrons. The summed E-state index contributed by atoms with van der Waals surface area (Å²) in [6, 6.07) is 8.36. The van der Waals surface area contributed by atoms with Crippen molar-refractivity contribution in [2.45, 2.75) is 30.7 Å². The molecular weight excluding hydrogens is 369 g/mol. The zero-order valence-electron chi connectivity index (χ0n) is 15.0. The van der Waals surface area contributed by atoms with Gasteiger partial charge in [0.1, 0.15) is 5.82 Å². The number of hydrogen-bond donors (Lipinski definition) is 1. The van der Waals surface area contributed by atoms with Crippen LogP contribution >= 0.6 is 0 Å². The zero-order chi connectivity index (χ0) is 19.4. The van der Waals surface area contributed by atoms with Gasteiger partial charge in [-0.3, -0.25) is 9.78 Å². The number of benzene rings is 1. The predicted molar refractivity (Wildman–Crippen MR) is 98.7 cm³/mol. The first-order chi connectivity index (χ1) is 12.9. The first-order valence-corrected chi connectivity index (χ1v) is 10.3. The van der Waals surface area contributed by atoms with Crippen molar-refractivity contribution in [1.82, 2.24) is 14.6 Å². The Kier molecular flexibility index (Phi) is 5.86. The van der Waals surface area contributed by atoms with Crippen molar-refractivity contribution in [3.63, 3.8) is 0 Å².